The van der Waals surface area contributed by atoms with Crippen LogP contribution in [0, 0.1) is 0 Å². The fourth-order valence-electron chi connectivity index (χ4n) is 3.61. The highest BCUT2D eigenvalue weighted by molar-refractivity contribution is 5.88. The second kappa shape index (κ2) is 21.2. The number of carbonyl (C=O) groups is 2. The molecular weight excluding hydrogens is 402 g/mol. The van der Waals surface area contributed by atoms with E-state index < -0.39 is 0 Å². The lowest BCUT2D eigenvalue weighted by atomic mass is 10.1. The molecule has 2 unspecified atom stereocenters. The highest BCUT2D eigenvalue weighted by Gasteiger charge is 2.15. The van der Waals surface area contributed by atoms with Gasteiger partial charge in [-0.1, -0.05) is 64.5 Å². The van der Waals surface area contributed by atoms with Crippen LogP contribution in [-0.4, -0.2) is 60.1 Å². The first-order valence-corrected chi connectivity index (χ1v) is 12.7. The number of unbranched alkanes of at least 4 members (excludes halogenated alkanes) is 8. The average molecular weight is 452 g/mol. The average Bonchev–Trinajstić information content (AvgIpc) is 2.73. The smallest absolute Gasteiger partial charge is 0.243 e. The fraction of sp³-hybridized carbons (Fsp3) is 0.769. The van der Waals surface area contributed by atoms with Gasteiger partial charge in [0.1, 0.15) is 0 Å². The molecule has 0 saturated heterocycles. The first-order valence-electron chi connectivity index (χ1n) is 12.7. The van der Waals surface area contributed by atoms with E-state index in [0.29, 0.717) is 19.6 Å². The molecule has 0 bridgehead atoms. The van der Waals surface area contributed by atoms with Gasteiger partial charge in [0.05, 0.1) is 6.61 Å². The number of amides is 2. The highest BCUT2D eigenvalue weighted by Crippen LogP contribution is 2.04. The van der Waals surface area contributed by atoms with Gasteiger partial charge in [-0.05, 0) is 51.7 Å². The van der Waals surface area contributed by atoms with Gasteiger partial charge in [-0.25, -0.2) is 0 Å². The zero-order chi connectivity index (χ0) is 24.0. The summed E-state index contributed by atoms with van der Waals surface area (Å²) in [6.45, 7) is 10.1. The molecule has 0 radical (unpaired) electrons. The fourth-order valence-corrected chi connectivity index (χ4v) is 3.61. The standard InChI is InChI=1S/C26H49N3O3/c1-5-7-9-11-13-15-17-25(31)27-23(3)21-29(19-20-30)22-24(4)28-26(32)18-16-14-12-10-8-6-2/h15-18,23-24,30H,5-14,19-22H2,1-4H3,(H,27,31)(H,28,32)/b17-15+,18-16+. The van der Waals surface area contributed by atoms with Crippen molar-refractivity contribution >= 4 is 11.8 Å². The first-order chi connectivity index (χ1) is 15.4. The van der Waals surface area contributed by atoms with Gasteiger partial charge in [-0.15, -0.1) is 0 Å². The topological polar surface area (TPSA) is 81.7 Å². The van der Waals surface area contributed by atoms with Gasteiger partial charge in [0.15, 0.2) is 0 Å². The van der Waals surface area contributed by atoms with Crippen LogP contribution < -0.4 is 10.6 Å². The van der Waals surface area contributed by atoms with Crippen molar-refractivity contribution in [2.75, 3.05) is 26.2 Å². The quantitative estimate of drug-likeness (QED) is 0.190. The molecule has 0 aromatic heterocycles. The lowest BCUT2D eigenvalue weighted by molar-refractivity contribution is -0.117. The summed E-state index contributed by atoms with van der Waals surface area (Å²) in [5.74, 6) is -0.162. The van der Waals surface area contributed by atoms with Crippen LogP contribution >= 0.6 is 0 Å². The van der Waals surface area contributed by atoms with E-state index in [4.69, 9.17) is 0 Å². The third kappa shape index (κ3) is 19.1. The van der Waals surface area contributed by atoms with Crippen LogP contribution in [0.1, 0.15) is 91.9 Å². The summed E-state index contributed by atoms with van der Waals surface area (Å²) in [6.07, 6.45) is 18.6. The van der Waals surface area contributed by atoms with E-state index in [-0.39, 0.29) is 30.5 Å². The van der Waals surface area contributed by atoms with Gasteiger partial charge >= 0.3 is 0 Å². The molecule has 0 rings (SSSR count). The summed E-state index contributed by atoms with van der Waals surface area (Å²) in [5.41, 5.74) is 0. The summed E-state index contributed by atoms with van der Waals surface area (Å²) in [7, 11) is 0. The number of allylic oxidation sites excluding steroid dienone is 2. The number of nitrogens with one attached hydrogen (secondary N) is 2. The molecule has 2 amide bonds. The molecule has 2 atom stereocenters. The van der Waals surface area contributed by atoms with Crippen LogP contribution in [0.5, 0.6) is 0 Å². The number of hydrogen-bond donors (Lipinski definition) is 3. The molecular formula is C26H49N3O3. The molecule has 0 aliphatic heterocycles. The molecule has 0 fully saturated rings. The van der Waals surface area contributed by atoms with E-state index in [9.17, 15) is 14.7 Å². The van der Waals surface area contributed by atoms with E-state index in [2.05, 4.69) is 29.4 Å². The van der Waals surface area contributed by atoms with E-state index >= 15 is 0 Å². The molecule has 3 N–H and O–H groups in total. The third-order valence-electron chi connectivity index (χ3n) is 5.24. The predicted molar refractivity (Wildman–Crippen MR) is 135 cm³/mol. The zero-order valence-corrected chi connectivity index (χ0v) is 21.1. The Labute approximate surface area is 196 Å². The first kappa shape index (κ1) is 30.3. The van der Waals surface area contributed by atoms with Crippen molar-refractivity contribution in [3.8, 4) is 0 Å². The van der Waals surface area contributed by atoms with E-state index in [1.807, 2.05) is 26.0 Å². The highest BCUT2D eigenvalue weighted by atomic mass is 16.3. The zero-order valence-electron chi connectivity index (χ0n) is 21.1. The van der Waals surface area contributed by atoms with Gasteiger partial charge in [-0.3, -0.25) is 14.5 Å². The number of rotatable bonds is 20. The van der Waals surface area contributed by atoms with Gasteiger partial charge in [0.25, 0.3) is 0 Å². The Morgan fingerprint density at radius 3 is 1.59 bits per heavy atom. The molecule has 32 heavy (non-hydrogen) atoms. The maximum Gasteiger partial charge on any atom is 0.243 e. The van der Waals surface area contributed by atoms with E-state index in [1.165, 1.54) is 38.5 Å². The van der Waals surface area contributed by atoms with Crippen LogP contribution in [0.3, 0.4) is 0 Å². The number of carbonyl (C=O) groups excluding carboxylic acids is 2. The number of aliphatic hydroxyl groups excluding tert-OH is 1. The van der Waals surface area contributed by atoms with Crippen molar-refractivity contribution < 1.29 is 14.7 Å². The predicted octanol–water partition coefficient (Wildman–Crippen LogP) is 4.34. The summed E-state index contributed by atoms with van der Waals surface area (Å²) in [6, 6.07) is -0.102. The number of nitrogens with zero attached hydrogens (tertiary/aromatic N) is 1. The van der Waals surface area contributed by atoms with Gasteiger partial charge in [-0.2, -0.15) is 0 Å². The van der Waals surface area contributed by atoms with Crippen LogP contribution in [0.15, 0.2) is 24.3 Å². The monoisotopic (exact) mass is 451 g/mol. The van der Waals surface area contributed by atoms with Crippen molar-refractivity contribution in [1.82, 2.24) is 15.5 Å². The Kier molecular flexibility index (Phi) is 20.1. The molecule has 0 saturated carbocycles. The van der Waals surface area contributed by atoms with E-state index in [1.54, 1.807) is 12.2 Å². The van der Waals surface area contributed by atoms with Crippen molar-refractivity contribution in [2.24, 2.45) is 0 Å². The molecule has 6 heteroatoms. The van der Waals surface area contributed by atoms with E-state index in [0.717, 1.165) is 25.7 Å². The normalized spacial score (nSPS) is 13.7. The Bertz CT molecular complexity index is 490. The Balaban J connectivity index is 4.28. The van der Waals surface area contributed by atoms with Crippen molar-refractivity contribution in [3.63, 3.8) is 0 Å². The molecule has 0 aromatic rings. The van der Waals surface area contributed by atoms with Crippen LogP contribution in [-0.2, 0) is 9.59 Å². The van der Waals surface area contributed by atoms with Crippen molar-refractivity contribution in [2.45, 2.75) is 104 Å². The Morgan fingerprint density at radius 2 is 1.22 bits per heavy atom. The molecule has 0 aliphatic rings. The minimum Gasteiger partial charge on any atom is -0.395 e. The molecule has 0 aromatic carbocycles. The SMILES string of the molecule is CCCCCC/C=C/C(=O)NC(C)CN(CCO)CC(C)NC(=O)/C=C/CCCCCC. The second-order valence-electron chi connectivity index (χ2n) is 8.81. The van der Waals surface area contributed by atoms with Gasteiger partial charge < -0.3 is 15.7 Å². The summed E-state index contributed by atoms with van der Waals surface area (Å²) in [4.78, 5) is 26.3. The third-order valence-corrected chi connectivity index (χ3v) is 5.24. The minimum atomic E-state index is -0.0811. The molecule has 186 valence electrons. The molecule has 0 spiro atoms. The van der Waals surface area contributed by atoms with Gasteiger partial charge in [0.2, 0.25) is 11.8 Å². The number of aliphatic hydroxyl groups is 1. The summed E-state index contributed by atoms with van der Waals surface area (Å²) < 4.78 is 0. The van der Waals surface area contributed by atoms with Crippen LogP contribution in [0.2, 0.25) is 0 Å². The summed E-state index contributed by atoms with van der Waals surface area (Å²) >= 11 is 0. The molecule has 0 aliphatic carbocycles. The molecule has 6 nitrogen and oxygen atoms in total. The second-order valence-corrected chi connectivity index (χ2v) is 8.81. The minimum absolute atomic E-state index is 0.0384. The van der Waals surface area contributed by atoms with Crippen molar-refractivity contribution in [1.29, 1.82) is 0 Å². The lowest BCUT2D eigenvalue weighted by Crippen LogP contribution is -2.47. The lowest BCUT2D eigenvalue weighted by Gasteiger charge is -2.28. The van der Waals surface area contributed by atoms with Gasteiger partial charge in [0, 0.05) is 31.7 Å². The van der Waals surface area contributed by atoms with Crippen LogP contribution in [0.25, 0.3) is 0 Å². The summed E-state index contributed by atoms with van der Waals surface area (Å²) in [5, 5.41) is 15.4. The van der Waals surface area contributed by atoms with Crippen molar-refractivity contribution in [3.05, 3.63) is 24.3 Å². The maximum absolute atomic E-state index is 12.1. The molecule has 0 heterocycles. The Hall–Kier alpha value is -1.66. The maximum atomic E-state index is 12.1. The van der Waals surface area contributed by atoms with Crippen LogP contribution in [0.4, 0.5) is 0 Å². The number of hydrogen-bond acceptors (Lipinski definition) is 4. The largest absolute Gasteiger partial charge is 0.395 e. The Morgan fingerprint density at radius 1 is 0.781 bits per heavy atom.